The zero-order chi connectivity index (χ0) is 27.2. The van der Waals surface area contributed by atoms with Gasteiger partial charge in [0.15, 0.2) is 0 Å². The summed E-state index contributed by atoms with van der Waals surface area (Å²) in [6.45, 7) is 6.95. The van der Waals surface area contributed by atoms with Crippen LogP contribution in [0.4, 0.5) is 0 Å². The van der Waals surface area contributed by atoms with E-state index in [1.165, 1.54) is 148 Å². The van der Waals surface area contributed by atoms with Gasteiger partial charge in [-0.05, 0) is 44.4 Å². The number of hydrogen-bond acceptors (Lipinski definition) is 1. The average molecular weight is 521 g/mol. The van der Waals surface area contributed by atoms with Gasteiger partial charge in [0.2, 0.25) is 0 Å². The third kappa shape index (κ3) is 28.0. The lowest BCUT2D eigenvalue weighted by Gasteiger charge is -2.12. The van der Waals surface area contributed by atoms with Crippen LogP contribution in [-0.2, 0) is 4.79 Å². The van der Waals surface area contributed by atoms with E-state index in [0.717, 1.165) is 31.6 Å². The first-order valence-corrected chi connectivity index (χ1v) is 17.0. The van der Waals surface area contributed by atoms with Crippen LogP contribution in [0.2, 0.25) is 0 Å². The number of carboxylic acid groups (broad SMARTS) is 1. The molecule has 0 aliphatic carbocycles. The molecule has 0 saturated heterocycles. The van der Waals surface area contributed by atoms with Gasteiger partial charge in [0, 0.05) is 0 Å². The first kappa shape index (κ1) is 36.2. The fraction of sp³-hybridized carbons (Fsp3) is 0.914. The molecule has 0 rings (SSSR count). The number of rotatable bonds is 30. The van der Waals surface area contributed by atoms with Crippen LogP contribution in [0.1, 0.15) is 194 Å². The molecule has 2 atom stereocenters. The molecule has 0 heterocycles. The Kier molecular flexibility index (Phi) is 29.1. The summed E-state index contributed by atoms with van der Waals surface area (Å²) < 4.78 is 0. The molecule has 0 aromatic heterocycles. The van der Waals surface area contributed by atoms with E-state index in [4.69, 9.17) is 0 Å². The monoisotopic (exact) mass is 521 g/mol. The van der Waals surface area contributed by atoms with Gasteiger partial charge in [-0.1, -0.05) is 168 Å². The molecule has 0 aromatic carbocycles. The summed E-state index contributed by atoms with van der Waals surface area (Å²) in [5.74, 6) is 0.216. The first-order chi connectivity index (χ1) is 18.1. The molecule has 0 aromatic rings. The van der Waals surface area contributed by atoms with Crippen LogP contribution in [0.3, 0.4) is 0 Å². The van der Waals surface area contributed by atoms with Gasteiger partial charge in [-0.3, -0.25) is 4.79 Å². The van der Waals surface area contributed by atoms with Crippen molar-refractivity contribution in [3.63, 3.8) is 0 Å². The highest BCUT2D eigenvalue weighted by Gasteiger charge is 2.16. The van der Waals surface area contributed by atoms with Gasteiger partial charge in [0.05, 0.1) is 5.92 Å². The number of allylic oxidation sites excluding steroid dienone is 2. The van der Waals surface area contributed by atoms with Crippen molar-refractivity contribution in [1.82, 2.24) is 0 Å². The van der Waals surface area contributed by atoms with E-state index in [1.807, 2.05) is 0 Å². The Morgan fingerprint density at radius 3 is 1.32 bits per heavy atom. The van der Waals surface area contributed by atoms with Crippen molar-refractivity contribution in [2.75, 3.05) is 0 Å². The van der Waals surface area contributed by atoms with Crippen molar-refractivity contribution in [2.45, 2.75) is 194 Å². The lowest BCUT2D eigenvalue weighted by Crippen LogP contribution is -2.13. The van der Waals surface area contributed by atoms with Crippen molar-refractivity contribution in [1.29, 1.82) is 0 Å². The lowest BCUT2D eigenvalue weighted by molar-refractivity contribution is -0.142. The maximum atomic E-state index is 11.6. The Labute approximate surface area is 233 Å². The summed E-state index contributed by atoms with van der Waals surface area (Å²) in [5.41, 5.74) is 0. The van der Waals surface area contributed by atoms with Crippen LogP contribution < -0.4 is 0 Å². The van der Waals surface area contributed by atoms with E-state index >= 15 is 0 Å². The smallest absolute Gasteiger partial charge is 0.306 e. The van der Waals surface area contributed by atoms with E-state index in [1.54, 1.807) is 0 Å². The standard InChI is InChI=1S/C35H68O2/c1-4-6-7-8-9-10-11-12-13-14-18-21-24-27-31-34(35(36)37)32-28-25-22-19-16-15-17-20-23-26-30-33(3)29-5-2/h15,17,33-34H,4-14,16,18-32H2,1-3H3,(H,36,37)/b17-15-. The molecule has 0 fully saturated rings. The first-order valence-electron chi connectivity index (χ1n) is 17.0. The summed E-state index contributed by atoms with van der Waals surface area (Å²) >= 11 is 0. The number of aliphatic carboxylic acids is 1. The second-order valence-electron chi connectivity index (χ2n) is 12.1. The number of carbonyl (C=O) groups is 1. The van der Waals surface area contributed by atoms with E-state index < -0.39 is 5.97 Å². The predicted octanol–water partition coefficient (Wildman–Crippen LogP) is 12.5. The third-order valence-electron chi connectivity index (χ3n) is 8.19. The predicted molar refractivity (Wildman–Crippen MR) is 165 cm³/mol. The van der Waals surface area contributed by atoms with Crippen LogP contribution in [0.25, 0.3) is 0 Å². The lowest BCUT2D eigenvalue weighted by atomic mass is 9.94. The molecular formula is C35H68O2. The van der Waals surface area contributed by atoms with E-state index in [9.17, 15) is 9.90 Å². The average Bonchev–Trinajstić information content (AvgIpc) is 2.88. The summed E-state index contributed by atoms with van der Waals surface area (Å²) in [4.78, 5) is 11.6. The normalized spacial score (nSPS) is 13.4. The molecule has 0 aliphatic rings. The fourth-order valence-electron chi connectivity index (χ4n) is 5.61. The molecule has 2 nitrogen and oxygen atoms in total. The van der Waals surface area contributed by atoms with Gasteiger partial charge in [0.25, 0.3) is 0 Å². The van der Waals surface area contributed by atoms with Gasteiger partial charge in [-0.15, -0.1) is 0 Å². The summed E-state index contributed by atoms with van der Waals surface area (Å²) in [6.07, 6.45) is 39.4. The largest absolute Gasteiger partial charge is 0.481 e. The second kappa shape index (κ2) is 29.8. The van der Waals surface area contributed by atoms with E-state index in [-0.39, 0.29) is 5.92 Å². The van der Waals surface area contributed by atoms with Gasteiger partial charge in [-0.2, -0.15) is 0 Å². The van der Waals surface area contributed by atoms with Crippen LogP contribution in [0, 0.1) is 11.8 Å². The molecular weight excluding hydrogens is 452 g/mol. The fourth-order valence-corrected chi connectivity index (χ4v) is 5.61. The second-order valence-corrected chi connectivity index (χ2v) is 12.1. The zero-order valence-corrected chi connectivity index (χ0v) is 25.8. The molecule has 1 N–H and O–H groups in total. The molecule has 220 valence electrons. The molecule has 0 aliphatic heterocycles. The Balaban J connectivity index is 3.49. The maximum Gasteiger partial charge on any atom is 0.306 e. The van der Waals surface area contributed by atoms with Gasteiger partial charge >= 0.3 is 5.97 Å². The zero-order valence-electron chi connectivity index (χ0n) is 25.8. The van der Waals surface area contributed by atoms with Gasteiger partial charge in [0.1, 0.15) is 0 Å². The quantitative estimate of drug-likeness (QED) is 0.0755. The Morgan fingerprint density at radius 2 is 0.892 bits per heavy atom. The maximum absolute atomic E-state index is 11.6. The minimum absolute atomic E-state index is 0.114. The van der Waals surface area contributed by atoms with Gasteiger partial charge in [-0.25, -0.2) is 0 Å². The summed E-state index contributed by atoms with van der Waals surface area (Å²) in [7, 11) is 0. The summed E-state index contributed by atoms with van der Waals surface area (Å²) in [6, 6.07) is 0. The van der Waals surface area contributed by atoms with Crippen LogP contribution >= 0.6 is 0 Å². The molecule has 0 saturated carbocycles. The number of carboxylic acids is 1. The highest BCUT2D eigenvalue weighted by molar-refractivity contribution is 5.69. The molecule has 0 radical (unpaired) electrons. The van der Waals surface area contributed by atoms with E-state index in [0.29, 0.717) is 0 Å². The van der Waals surface area contributed by atoms with E-state index in [2.05, 4.69) is 32.9 Å². The minimum Gasteiger partial charge on any atom is -0.481 e. The SMILES string of the molecule is CCCCCCCCCCCCCCCCC(CCCCCC/C=C\CCCCC(C)CCC)C(=O)O. The topological polar surface area (TPSA) is 37.3 Å². The summed E-state index contributed by atoms with van der Waals surface area (Å²) in [5, 5.41) is 9.59. The van der Waals surface area contributed by atoms with Crippen molar-refractivity contribution in [3.05, 3.63) is 12.2 Å². The molecule has 0 amide bonds. The van der Waals surface area contributed by atoms with Crippen molar-refractivity contribution in [2.24, 2.45) is 11.8 Å². The van der Waals surface area contributed by atoms with Crippen LogP contribution in [-0.4, -0.2) is 11.1 Å². The molecule has 0 bridgehead atoms. The van der Waals surface area contributed by atoms with Gasteiger partial charge < -0.3 is 5.11 Å². The number of hydrogen-bond donors (Lipinski definition) is 1. The van der Waals surface area contributed by atoms with Crippen molar-refractivity contribution in [3.8, 4) is 0 Å². The Hall–Kier alpha value is -0.790. The Morgan fingerprint density at radius 1 is 0.514 bits per heavy atom. The number of unbranched alkanes of at least 4 members (excludes halogenated alkanes) is 19. The third-order valence-corrected chi connectivity index (χ3v) is 8.19. The Bertz CT molecular complexity index is 484. The highest BCUT2D eigenvalue weighted by Crippen LogP contribution is 2.20. The van der Waals surface area contributed by atoms with Crippen molar-refractivity contribution < 1.29 is 9.90 Å². The van der Waals surface area contributed by atoms with Crippen LogP contribution in [0.15, 0.2) is 12.2 Å². The van der Waals surface area contributed by atoms with Crippen molar-refractivity contribution >= 4 is 5.97 Å². The molecule has 2 heteroatoms. The molecule has 37 heavy (non-hydrogen) atoms. The molecule has 0 spiro atoms. The highest BCUT2D eigenvalue weighted by atomic mass is 16.4. The molecule has 2 unspecified atom stereocenters. The minimum atomic E-state index is -0.568. The van der Waals surface area contributed by atoms with Crippen LogP contribution in [0.5, 0.6) is 0 Å².